The first kappa shape index (κ1) is 12.0. The van der Waals surface area contributed by atoms with Gasteiger partial charge in [0.1, 0.15) is 6.23 Å². The zero-order valence-electron chi connectivity index (χ0n) is 10.1. The number of imidazole rings is 1. The molecule has 1 aliphatic rings. The molecule has 7 nitrogen and oxygen atoms in total. The second-order valence-corrected chi connectivity index (χ2v) is 4.46. The van der Waals surface area contributed by atoms with Crippen LogP contribution in [0, 0.1) is 0 Å². The third-order valence-electron chi connectivity index (χ3n) is 3.38. The number of para-hydroxylation sites is 2. The van der Waals surface area contributed by atoms with Gasteiger partial charge in [0.2, 0.25) is 0 Å². The molecule has 1 aromatic heterocycles. The average molecular weight is 259 g/mol. The number of fused-ring (bicyclic) bond motifs is 1. The van der Waals surface area contributed by atoms with Crippen LogP contribution >= 0.6 is 0 Å². The normalized spacial score (nSPS) is 26.5. The number of aliphatic hydroxyl groups excluding tert-OH is 1. The molecular weight excluding hydrogens is 246 g/mol. The minimum absolute atomic E-state index is 0.160. The molecule has 0 amide bonds. The van der Waals surface area contributed by atoms with Crippen molar-refractivity contribution >= 4 is 11.0 Å². The van der Waals surface area contributed by atoms with E-state index in [9.17, 15) is 5.11 Å². The van der Waals surface area contributed by atoms with Gasteiger partial charge in [-0.25, -0.2) is 4.98 Å². The number of hydrogen-bond donors (Lipinski definition) is 1. The van der Waals surface area contributed by atoms with Crippen LogP contribution in [-0.4, -0.2) is 33.4 Å². The maximum absolute atomic E-state index is 9.26. The molecule has 0 aliphatic carbocycles. The molecule has 0 unspecified atom stereocenters. The number of ether oxygens (including phenoxy) is 1. The minimum Gasteiger partial charge on any atom is -0.394 e. The van der Waals surface area contributed by atoms with Gasteiger partial charge in [-0.05, 0) is 17.7 Å². The third kappa shape index (κ3) is 2.04. The van der Waals surface area contributed by atoms with Crippen LogP contribution in [0.5, 0.6) is 0 Å². The Morgan fingerprint density at radius 2 is 2.37 bits per heavy atom. The zero-order valence-corrected chi connectivity index (χ0v) is 10.1. The van der Waals surface area contributed by atoms with Crippen molar-refractivity contribution in [3.8, 4) is 0 Å². The number of benzene rings is 1. The van der Waals surface area contributed by atoms with Crippen LogP contribution in [-0.2, 0) is 4.74 Å². The molecule has 0 saturated carbocycles. The molecule has 0 bridgehead atoms. The fraction of sp³-hybridized carbons (Fsp3) is 0.417. The van der Waals surface area contributed by atoms with Crippen LogP contribution in [0.4, 0.5) is 0 Å². The van der Waals surface area contributed by atoms with E-state index in [1.54, 1.807) is 6.33 Å². The van der Waals surface area contributed by atoms with E-state index in [0.29, 0.717) is 6.42 Å². The first-order chi connectivity index (χ1) is 9.33. The summed E-state index contributed by atoms with van der Waals surface area (Å²) in [6.07, 6.45) is 1.53. The average Bonchev–Trinajstić information content (AvgIpc) is 3.02. The Bertz CT molecular complexity index is 634. The fourth-order valence-corrected chi connectivity index (χ4v) is 2.45. The molecule has 3 atom stereocenters. The highest BCUT2D eigenvalue weighted by molar-refractivity contribution is 5.75. The van der Waals surface area contributed by atoms with Crippen molar-refractivity contribution < 1.29 is 9.84 Å². The predicted octanol–water partition coefficient (Wildman–Crippen LogP) is 1.99. The lowest BCUT2D eigenvalue weighted by Gasteiger charge is -2.14. The summed E-state index contributed by atoms with van der Waals surface area (Å²) >= 11 is 0. The molecule has 19 heavy (non-hydrogen) atoms. The van der Waals surface area contributed by atoms with Crippen LogP contribution < -0.4 is 0 Å². The first-order valence-electron chi connectivity index (χ1n) is 6.05. The topological polar surface area (TPSA) is 96.0 Å². The third-order valence-corrected chi connectivity index (χ3v) is 3.38. The molecule has 1 saturated heterocycles. The molecule has 0 radical (unpaired) electrons. The van der Waals surface area contributed by atoms with E-state index in [2.05, 4.69) is 15.0 Å². The smallest absolute Gasteiger partial charge is 0.136 e. The lowest BCUT2D eigenvalue weighted by atomic mass is 10.1. The van der Waals surface area contributed by atoms with Gasteiger partial charge in [0, 0.05) is 11.3 Å². The van der Waals surface area contributed by atoms with E-state index in [0.717, 1.165) is 11.0 Å². The Hall–Kier alpha value is -2.08. The Labute approximate surface area is 109 Å². The molecular formula is C12H13N5O2. The van der Waals surface area contributed by atoms with Crippen LogP contribution in [0.1, 0.15) is 12.6 Å². The van der Waals surface area contributed by atoms with Gasteiger partial charge in [-0.2, -0.15) is 0 Å². The maximum Gasteiger partial charge on any atom is 0.136 e. The molecule has 2 aromatic rings. The standard InChI is InChI=1S/C12H13N5O2/c13-16-15-9-5-12(19-11(9)6-18)17-7-14-8-3-1-2-4-10(8)17/h1-4,7,9,11-12,18H,5-6H2/t9-,11+,12-/m0/s1. The predicted molar refractivity (Wildman–Crippen MR) is 68.3 cm³/mol. The largest absolute Gasteiger partial charge is 0.394 e. The second kappa shape index (κ2) is 4.89. The highest BCUT2D eigenvalue weighted by Gasteiger charge is 2.35. The second-order valence-electron chi connectivity index (χ2n) is 4.46. The van der Waals surface area contributed by atoms with Gasteiger partial charge in [0.15, 0.2) is 0 Å². The van der Waals surface area contributed by atoms with E-state index in [-0.39, 0.29) is 18.9 Å². The van der Waals surface area contributed by atoms with Crippen molar-refractivity contribution in [1.29, 1.82) is 0 Å². The first-order valence-corrected chi connectivity index (χ1v) is 6.05. The van der Waals surface area contributed by atoms with E-state index < -0.39 is 6.10 Å². The molecule has 1 aromatic carbocycles. The highest BCUT2D eigenvalue weighted by atomic mass is 16.5. The van der Waals surface area contributed by atoms with Crippen molar-refractivity contribution in [3.05, 3.63) is 41.0 Å². The number of aromatic nitrogens is 2. The van der Waals surface area contributed by atoms with Gasteiger partial charge in [-0.15, -0.1) is 0 Å². The molecule has 0 spiro atoms. The van der Waals surface area contributed by atoms with Crippen molar-refractivity contribution in [3.63, 3.8) is 0 Å². The maximum atomic E-state index is 9.26. The summed E-state index contributed by atoms with van der Waals surface area (Å²) in [6.45, 7) is -0.160. The molecule has 2 heterocycles. The summed E-state index contributed by atoms with van der Waals surface area (Å²) in [4.78, 5) is 7.11. The van der Waals surface area contributed by atoms with Crippen molar-refractivity contribution in [2.45, 2.75) is 24.8 Å². The van der Waals surface area contributed by atoms with Gasteiger partial charge < -0.3 is 14.4 Å². The Morgan fingerprint density at radius 3 is 3.16 bits per heavy atom. The number of rotatable bonds is 3. The van der Waals surface area contributed by atoms with Crippen LogP contribution in [0.3, 0.4) is 0 Å². The highest BCUT2D eigenvalue weighted by Crippen LogP contribution is 2.32. The van der Waals surface area contributed by atoms with Crippen LogP contribution in [0.15, 0.2) is 35.7 Å². The molecule has 98 valence electrons. The molecule has 7 heteroatoms. The monoisotopic (exact) mass is 259 g/mol. The van der Waals surface area contributed by atoms with E-state index >= 15 is 0 Å². The van der Waals surface area contributed by atoms with E-state index in [4.69, 9.17) is 10.3 Å². The fourth-order valence-electron chi connectivity index (χ4n) is 2.45. The number of azide groups is 1. The number of hydrogen-bond acceptors (Lipinski definition) is 4. The Morgan fingerprint density at radius 1 is 1.53 bits per heavy atom. The lowest BCUT2D eigenvalue weighted by Crippen LogP contribution is -2.22. The van der Waals surface area contributed by atoms with Crippen molar-refractivity contribution in [1.82, 2.24) is 9.55 Å². The van der Waals surface area contributed by atoms with Gasteiger partial charge in [-0.3, -0.25) is 0 Å². The number of nitrogens with zero attached hydrogens (tertiary/aromatic N) is 5. The van der Waals surface area contributed by atoms with E-state index in [1.807, 2.05) is 28.8 Å². The van der Waals surface area contributed by atoms with Crippen molar-refractivity contribution in [2.75, 3.05) is 6.61 Å². The molecule has 3 rings (SSSR count). The molecule has 1 fully saturated rings. The summed E-state index contributed by atoms with van der Waals surface area (Å²) in [7, 11) is 0. The number of aliphatic hydroxyl groups is 1. The van der Waals surface area contributed by atoms with E-state index in [1.165, 1.54) is 0 Å². The lowest BCUT2D eigenvalue weighted by molar-refractivity contribution is -0.0230. The van der Waals surface area contributed by atoms with Crippen LogP contribution in [0.2, 0.25) is 0 Å². The van der Waals surface area contributed by atoms with Gasteiger partial charge in [0.25, 0.3) is 0 Å². The minimum atomic E-state index is -0.456. The molecule has 1 aliphatic heterocycles. The zero-order chi connectivity index (χ0) is 13.2. The van der Waals surface area contributed by atoms with Crippen molar-refractivity contribution in [2.24, 2.45) is 5.11 Å². The summed E-state index contributed by atoms with van der Waals surface area (Å²) in [5.74, 6) is 0. The Balaban J connectivity index is 1.93. The summed E-state index contributed by atoms with van der Waals surface area (Å²) in [6, 6.07) is 7.40. The van der Waals surface area contributed by atoms with Gasteiger partial charge >= 0.3 is 0 Å². The summed E-state index contributed by atoms with van der Waals surface area (Å²) < 4.78 is 7.64. The van der Waals surface area contributed by atoms with Gasteiger partial charge in [0.05, 0.1) is 36.1 Å². The Kier molecular flexibility index (Phi) is 3.08. The quantitative estimate of drug-likeness (QED) is 0.518. The SMILES string of the molecule is [N-]=[N+]=N[C@H]1C[C@@H](n2cnc3ccccc32)O[C@@H]1CO. The summed E-state index contributed by atoms with van der Waals surface area (Å²) in [5, 5.41) is 12.9. The van der Waals surface area contributed by atoms with Gasteiger partial charge in [-0.1, -0.05) is 17.2 Å². The summed E-state index contributed by atoms with van der Waals surface area (Å²) in [5.41, 5.74) is 10.4. The molecule has 1 N–H and O–H groups in total. The van der Waals surface area contributed by atoms with Crippen LogP contribution in [0.25, 0.3) is 21.5 Å².